The molecule has 3 aromatic rings. The summed E-state index contributed by atoms with van der Waals surface area (Å²) in [6, 6.07) is 4.00. The molecule has 4 rings (SSSR count). The molecule has 1 saturated carbocycles. The van der Waals surface area contributed by atoms with Crippen molar-refractivity contribution in [2.45, 2.75) is 51.6 Å². The van der Waals surface area contributed by atoms with E-state index in [9.17, 15) is 9.59 Å². The molecule has 0 bridgehead atoms. The van der Waals surface area contributed by atoms with Crippen molar-refractivity contribution in [2.24, 2.45) is 5.92 Å². The topological polar surface area (TPSA) is 114 Å². The zero-order chi connectivity index (χ0) is 22.7. The lowest BCUT2D eigenvalue weighted by atomic mass is 9.85. The van der Waals surface area contributed by atoms with E-state index in [-0.39, 0.29) is 29.8 Å². The van der Waals surface area contributed by atoms with E-state index in [2.05, 4.69) is 30.9 Å². The van der Waals surface area contributed by atoms with Gasteiger partial charge in [0.25, 0.3) is 5.91 Å². The number of nitrogens with zero attached hydrogens (tertiary/aromatic N) is 4. The molecule has 0 aromatic carbocycles. The average molecular weight is 436 g/mol. The van der Waals surface area contributed by atoms with Gasteiger partial charge in [-0.1, -0.05) is 0 Å². The molecule has 3 N–H and O–H groups in total. The Bertz CT molecular complexity index is 1120. The van der Waals surface area contributed by atoms with Crippen molar-refractivity contribution in [2.75, 3.05) is 12.4 Å². The van der Waals surface area contributed by atoms with Crippen LogP contribution in [-0.2, 0) is 4.79 Å². The number of amides is 2. The van der Waals surface area contributed by atoms with Gasteiger partial charge in [0, 0.05) is 55.1 Å². The van der Waals surface area contributed by atoms with Gasteiger partial charge in [0.1, 0.15) is 17.8 Å². The third kappa shape index (κ3) is 4.56. The molecule has 3 heterocycles. The van der Waals surface area contributed by atoms with Gasteiger partial charge in [-0.3, -0.25) is 14.2 Å². The van der Waals surface area contributed by atoms with Crippen LogP contribution >= 0.6 is 0 Å². The van der Waals surface area contributed by atoms with Gasteiger partial charge in [-0.25, -0.2) is 15.0 Å². The number of carbonyl (C=O) groups excluding carboxylic acids is 2. The van der Waals surface area contributed by atoms with E-state index in [1.807, 2.05) is 36.7 Å². The fourth-order valence-corrected chi connectivity index (χ4v) is 4.22. The predicted octanol–water partition coefficient (Wildman–Crippen LogP) is 2.67. The van der Waals surface area contributed by atoms with E-state index >= 15 is 0 Å². The summed E-state index contributed by atoms with van der Waals surface area (Å²) < 4.78 is 1.88. The number of carbonyl (C=O) groups is 2. The number of aromatic nitrogens is 4. The predicted molar refractivity (Wildman–Crippen MR) is 123 cm³/mol. The summed E-state index contributed by atoms with van der Waals surface area (Å²) in [4.78, 5) is 37.9. The van der Waals surface area contributed by atoms with Crippen molar-refractivity contribution >= 4 is 28.5 Å². The highest BCUT2D eigenvalue weighted by Crippen LogP contribution is 2.26. The lowest BCUT2D eigenvalue weighted by Crippen LogP contribution is -2.40. The van der Waals surface area contributed by atoms with E-state index in [1.54, 1.807) is 19.4 Å². The van der Waals surface area contributed by atoms with Crippen LogP contribution in [-0.4, -0.2) is 50.5 Å². The highest BCUT2D eigenvalue weighted by Gasteiger charge is 2.27. The van der Waals surface area contributed by atoms with Crippen molar-refractivity contribution in [1.29, 1.82) is 0 Å². The molecule has 0 radical (unpaired) electrons. The molecule has 32 heavy (non-hydrogen) atoms. The summed E-state index contributed by atoms with van der Waals surface area (Å²) in [5.41, 5.74) is 1.98. The Morgan fingerprint density at radius 3 is 2.62 bits per heavy atom. The molecule has 9 heteroatoms. The first-order valence-corrected chi connectivity index (χ1v) is 11.0. The van der Waals surface area contributed by atoms with Gasteiger partial charge in [0.15, 0.2) is 0 Å². The molecule has 0 aliphatic heterocycles. The molecule has 0 unspecified atom stereocenters. The summed E-state index contributed by atoms with van der Waals surface area (Å²) >= 11 is 0. The van der Waals surface area contributed by atoms with Crippen LogP contribution in [0, 0.1) is 5.92 Å². The van der Waals surface area contributed by atoms with Crippen LogP contribution in [0.2, 0.25) is 0 Å². The minimum absolute atomic E-state index is 0.0347. The second-order valence-corrected chi connectivity index (χ2v) is 8.51. The van der Waals surface area contributed by atoms with Crippen molar-refractivity contribution in [1.82, 2.24) is 30.2 Å². The monoisotopic (exact) mass is 435 g/mol. The molecule has 2 amide bonds. The summed E-state index contributed by atoms with van der Waals surface area (Å²) in [6.07, 6.45) is 9.90. The first kappa shape index (κ1) is 21.7. The van der Waals surface area contributed by atoms with Gasteiger partial charge in [-0.2, -0.15) is 0 Å². The van der Waals surface area contributed by atoms with Crippen LogP contribution < -0.4 is 16.0 Å². The molecule has 0 saturated heterocycles. The Hall–Kier alpha value is -3.49. The smallest absolute Gasteiger partial charge is 0.255 e. The largest absolute Gasteiger partial charge is 0.382 e. The summed E-state index contributed by atoms with van der Waals surface area (Å²) in [7, 11) is 1.67. The number of hydrogen-bond donors (Lipinski definition) is 3. The summed E-state index contributed by atoms with van der Waals surface area (Å²) in [6.45, 7) is 4.06. The maximum absolute atomic E-state index is 13.1. The highest BCUT2D eigenvalue weighted by atomic mass is 16.2. The van der Waals surface area contributed by atoms with Gasteiger partial charge in [-0.05, 0) is 45.6 Å². The molecule has 0 spiro atoms. The first-order chi connectivity index (χ1) is 15.5. The number of fused-ring (bicyclic) bond motifs is 1. The fourth-order valence-electron chi connectivity index (χ4n) is 4.22. The zero-order valence-corrected chi connectivity index (χ0v) is 18.6. The Balaban J connectivity index is 1.54. The summed E-state index contributed by atoms with van der Waals surface area (Å²) in [5.74, 6) is 0.632. The van der Waals surface area contributed by atoms with Gasteiger partial charge in [0.2, 0.25) is 5.91 Å². The SMILES string of the molecule is CNC(=O)[C@H]1CC[C@H](NC(=O)c2cnc(-n3ccc4cncnc43)cc2NC(C)C)CC1. The van der Waals surface area contributed by atoms with Crippen LogP contribution in [0.4, 0.5) is 5.69 Å². The van der Waals surface area contributed by atoms with Crippen molar-refractivity contribution < 1.29 is 9.59 Å². The highest BCUT2D eigenvalue weighted by molar-refractivity contribution is 6.00. The fraction of sp³-hybridized carbons (Fsp3) is 0.435. The van der Waals surface area contributed by atoms with Crippen LogP contribution in [0.25, 0.3) is 16.9 Å². The molecule has 168 valence electrons. The van der Waals surface area contributed by atoms with Crippen LogP contribution in [0.1, 0.15) is 49.9 Å². The van der Waals surface area contributed by atoms with Crippen molar-refractivity contribution in [3.63, 3.8) is 0 Å². The van der Waals surface area contributed by atoms with E-state index in [0.717, 1.165) is 42.4 Å². The maximum atomic E-state index is 13.1. The third-order valence-electron chi connectivity index (χ3n) is 5.85. The normalized spacial score (nSPS) is 18.5. The van der Waals surface area contributed by atoms with Gasteiger partial charge >= 0.3 is 0 Å². The lowest BCUT2D eigenvalue weighted by molar-refractivity contribution is -0.125. The Morgan fingerprint density at radius 1 is 1.12 bits per heavy atom. The third-order valence-corrected chi connectivity index (χ3v) is 5.85. The molecule has 3 aromatic heterocycles. The minimum Gasteiger partial charge on any atom is -0.382 e. The van der Waals surface area contributed by atoms with Gasteiger partial charge < -0.3 is 16.0 Å². The Kier molecular flexibility index (Phi) is 6.34. The quantitative estimate of drug-likeness (QED) is 0.549. The lowest BCUT2D eigenvalue weighted by Gasteiger charge is -2.28. The second-order valence-electron chi connectivity index (χ2n) is 8.51. The number of anilines is 1. The van der Waals surface area contributed by atoms with Crippen LogP contribution in [0.3, 0.4) is 0 Å². The molecule has 9 nitrogen and oxygen atoms in total. The van der Waals surface area contributed by atoms with Crippen LogP contribution in [0.15, 0.2) is 37.1 Å². The first-order valence-electron chi connectivity index (χ1n) is 11.0. The van der Waals surface area contributed by atoms with E-state index in [0.29, 0.717) is 11.4 Å². The zero-order valence-electron chi connectivity index (χ0n) is 18.6. The maximum Gasteiger partial charge on any atom is 0.255 e. The van der Waals surface area contributed by atoms with Crippen LogP contribution in [0.5, 0.6) is 0 Å². The van der Waals surface area contributed by atoms with Crippen molar-refractivity contribution in [3.05, 3.63) is 42.6 Å². The standard InChI is InChI=1S/C23H29N7O2/c1-14(2)28-19-10-20(30-9-8-16-11-25-13-27-21(16)30)26-12-18(19)23(32)29-17-6-4-15(5-7-17)22(31)24-3/h8-15,17H,4-7H2,1-3H3,(H,24,31)(H,26,28)(H,29,32)/t15-,17-. The minimum atomic E-state index is -0.157. The number of pyridine rings is 1. The van der Waals surface area contributed by atoms with E-state index in [4.69, 9.17) is 0 Å². The molecule has 1 fully saturated rings. The molecule has 1 aliphatic rings. The van der Waals surface area contributed by atoms with Gasteiger partial charge in [-0.15, -0.1) is 0 Å². The van der Waals surface area contributed by atoms with Crippen molar-refractivity contribution in [3.8, 4) is 5.82 Å². The second kappa shape index (κ2) is 9.33. The van der Waals surface area contributed by atoms with E-state index < -0.39 is 0 Å². The number of rotatable bonds is 6. The van der Waals surface area contributed by atoms with E-state index in [1.165, 1.54) is 6.33 Å². The Labute approximate surface area is 187 Å². The molecular weight excluding hydrogens is 406 g/mol. The van der Waals surface area contributed by atoms with Gasteiger partial charge in [0.05, 0.1) is 11.3 Å². The summed E-state index contributed by atoms with van der Waals surface area (Å²) in [5, 5.41) is 10.1. The number of hydrogen-bond acceptors (Lipinski definition) is 6. The molecular formula is C23H29N7O2. The average Bonchev–Trinajstić information content (AvgIpc) is 3.23. The number of nitrogens with one attached hydrogen (secondary N) is 3. The molecule has 1 aliphatic carbocycles. The molecule has 0 atom stereocenters. The Morgan fingerprint density at radius 2 is 1.91 bits per heavy atom.